The Morgan fingerprint density at radius 3 is 2.52 bits per heavy atom. The molecule has 0 unspecified atom stereocenters. The van der Waals surface area contributed by atoms with Gasteiger partial charge in [-0.2, -0.15) is 0 Å². The number of ether oxygens (including phenoxy) is 3. The summed E-state index contributed by atoms with van der Waals surface area (Å²) < 4.78 is 16.7. The minimum atomic E-state index is 0.191. The van der Waals surface area contributed by atoms with Crippen molar-refractivity contribution in [1.29, 1.82) is 0 Å². The van der Waals surface area contributed by atoms with E-state index < -0.39 is 0 Å². The standard InChI is InChI=1S/C16H23NO3S/c1-5-19-14-7-6-13(8-15(14)18-4)16(21)17-9-11(2)20-12(3)10-17/h6-8,11-12H,5,9-10H2,1-4H3/t11-,12-/m1/s1. The zero-order chi connectivity index (χ0) is 15.4. The lowest BCUT2D eigenvalue weighted by Crippen LogP contribution is -2.47. The molecule has 1 fully saturated rings. The van der Waals surface area contributed by atoms with Crippen molar-refractivity contribution in [2.24, 2.45) is 0 Å². The second-order valence-electron chi connectivity index (χ2n) is 5.27. The van der Waals surface area contributed by atoms with Crippen LogP contribution in [0, 0.1) is 0 Å². The van der Waals surface area contributed by atoms with E-state index in [0.29, 0.717) is 12.4 Å². The van der Waals surface area contributed by atoms with Crippen LogP contribution >= 0.6 is 12.2 Å². The van der Waals surface area contributed by atoms with Crippen LogP contribution in [0.15, 0.2) is 18.2 Å². The summed E-state index contributed by atoms with van der Waals surface area (Å²) in [5, 5.41) is 0. The number of thiocarbonyl (C=S) groups is 1. The number of hydrogen-bond donors (Lipinski definition) is 0. The Kier molecular flexibility index (Phi) is 5.42. The van der Waals surface area contributed by atoms with Gasteiger partial charge in [0.05, 0.1) is 25.9 Å². The number of rotatable bonds is 4. The molecule has 1 saturated heterocycles. The molecule has 0 amide bonds. The van der Waals surface area contributed by atoms with Gasteiger partial charge in [-0.15, -0.1) is 0 Å². The maximum absolute atomic E-state index is 5.75. The quantitative estimate of drug-likeness (QED) is 0.798. The lowest BCUT2D eigenvalue weighted by molar-refractivity contribution is -0.0472. The first-order chi connectivity index (χ1) is 10.0. The van der Waals surface area contributed by atoms with Crippen LogP contribution in [-0.4, -0.2) is 48.9 Å². The fourth-order valence-corrected chi connectivity index (χ4v) is 2.88. The van der Waals surface area contributed by atoms with Crippen molar-refractivity contribution >= 4 is 17.2 Å². The van der Waals surface area contributed by atoms with Gasteiger partial charge in [0.25, 0.3) is 0 Å². The van der Waals surface area contributed by atoms with E-state index in [2.05, 4.69) is 18.7 Å². The van der Waals surface area contributed by atoms with Crippen LogP contribution in [-0.2, 0) is 4.74 Å². The molecule has 0 aromatic heterocycles. The molecule has 0 aliphatic carbocycles. The third-order valence-electron chi connectivity index (χ3n) is 3.42. The molecule has 116 valence electrons. The maximum atomic E-state index is 5.75. The average molecular weight is 309 g/mol. The highest BCUT2D eigenvalue weighted by Gasteiger charge is 2.24. The summed E-state index contributed by atoms with van der Waals surface area (Å²) in [6, 6.07) is 5.84. The predicted molar refractivity (Wildman–Crippen MR) is 87.4 cm³/mol. The smallest absolute Gasteiger partial charge is 0.161 e. The normalized spacial score (nSPS) is 22.0. The van der Waals surface area contributed by atoms with E-state index in [9.17, 15) is 0 Å². The Morgan fingerprint density at radius 2 is 1.95 bits per heavy atom. The van der Waals surface area contributed by atoms with Crippen LogP contribution in [0.4, 0.5) is 0 Å². The van der Waals surface area contributed by atoms with Gasteiger partial charge in [-0.25, -0.2) is 0 Å². The second-order valence-corrected chi connectivity index (χ2v) is 5.65. The van der Waals surface area contributed by atoms with Gasteiger partial charge < -0.3 is 19.1 Å². The van der Waals surface area contributed by atoms with Crippen LogP contribution < -0.4 is 9.47 Å². The SMILES string of the molecule is CCOc1ccc(C(=S)N2C[C@@H](C)O[C@H](C)C2)cc1OC. The van der Waals surface area contributed by atoms with E-state index in [1.54, 1.807) is 7.11 Å². The van der Waals surface area contributed by atoms with Gasteiger partial charge in [0.15, 0.2) is 11.5 Å². The third kappa shape index (κ3) is 3.86. The highest BCUT2D eigenvalue weighted by Crippen LogP contribution is 2.29. The summed E-state index contributed by atoms with van der Waals surface area (Å²) in [5.74, 6) is 1.46. The van der Waals surface area contributed by atoms with E-state index in [1.807, 2.05) is 25.1 Å². The molecule has 21 heavy (non-hydrogen) atoms. The Bertz CT molecular complexity index is 496. The molecule has 0 saturated carbocycles. The zero-order valence-corrected chi connectivity index (χ0v) is 13.9. The number of methoxy groups -OCH3 is 1. The summed E-state index contributed by atoms with van der Waals surface area (Å²) in [6.45, 7) is 8.35. The molecule has 5 heteroatoms. The summed E-state index contributed by atoms with van der Waals surface area (Å²) in [4.78, 5) is 3.03. The lowest BCUT2D eigenvalue weighted by atomic mass is 10.1. The van der Waals surface area contributed by atoms with Gasteiger partial charge in [-0.1, -0.05) is 12.2 Å². The first-order valence-corrected chi connectivity index (χ1v) is 7.71. The Hall–Kier alpha value is -1.33. The number of morpholine rings is 1. The molecular formula is C16H23NO3S. The lowest BCUT2D eigenvalue weighted by Gasteiger charge is -2.37. The predicted octanol–water partition coefficient (Wildman–Crippen LogP) is 2.88. The first-order valence-electron chi connectivity index (χ1n) is 7.30. The highest BCUT2D eigenvalue weighted by molar-refractivity contribution is 7.80. The maximum Gasteiger partial charge on any atom is 0.161 e. The Labute approximate surface area is 132 Å². The molecule has 4 nitrogen and oxygen atoms in total. The van der Waals surface area contributed by atoms with Gasteiger partial charge in [-0.3, -0.25) is 0 Å². The van der Waals surface area contributed by atoms with Crippen LogP contribution in [0.25, 0.3) is 0 Å². The molecule has 1 aliphatic rings. The molecule has 0 radical (unpaired) electrons. The molecule has 0 spiro atoms. The van der Waals surface area contributed by atoms with Crippen LogP contribution in [0.3, 0.4) is 0 Å². The first kappa shape index (κ1) is 16.0. The van der Waals surface area contributed by atoms with Crippen LogP contribution in [0.1, 0.15) is 26.3 Å². The Morgan fingerprint density at radius 1 is 1.29 bits per heavy atom. The van der Waals surface area contributed by atoms with E-state index >= 15 is 0 Å². The third-order valence-corrected chi connectivity index (χ3v) is 3.91. The topological polar surface area (TPSA) is 30.9 Å². The van der Waals surface area contributed by atoms with E-state index in [1.165, 1.54) is 0 Å². The van der Waals surface area contributed by atoms with Gasteiger partial charge in [0.1, 0.15) is 4.99 Å². The van der Waals surface area contributed by atoms with Crippen molar-refractivity contribution < 1.29 is 14.2 Å². The molecule has 0 N–H and O–H groups in total. The van der Waals surface area contributed by atoms with Crippen LogP contribution in [0.5, 0.6) is 11.5 Å². The second kappa shape index (κ2) is 7.09. The van der Waals surface area contributed by atoms with Gasteiger partial charge in [0, 0.05) is 18.7 Å². The zero-order valence-electron chi connectivity index (χ0n) is 13.1. The number of benzene rings is 1. The van der Waals surface area contributed by atoms with Crippen LogP contribution in [0.2, 0.25) is 0 Å². The molecular weight excluding hydrogens is 286 g/mol. The molecule has 1 aromatic carbocycles. The van der Waals surface area contributed by atoms with Gasteiger partial charge >= 0.3 is 0 Å². The molecule has 1 aromatic rings. The molecule has 2 rings (SSSR count). The summed E-state index contributed by atoms with van der Waals surface area (Å²) >= 11 is 5.64. The number of hydrogen-bond acceptors (Lipinski definition) is 4. The van der Waals surface area contributed by atoms with Crippen molar-refractivity contribution in [3.8, 4) is 11.5 Å². The fourth-order valence-electron chi connectivity index (χ4n) is 2.60. The Balaban J connectivity index is 2.19. The van der Waals surface area contributed by atoms with Crippen molar-refractivity contribution in [1.82, 2.24) is 4.90 Å². The van der Waals surface area contributed by atoms with E-state index in [-0.39, 0.29) is 12.2 Å². The molecule has 0 bridgehead atoms. The minimum absolute atomic E-state index is 0.191. The largest absolute Gasteiger partial charge is 0.493 e. The van der Waals surface area contributed by atoms with Crippen molar-refractivity contribution in [2.75, 3.05) is 26.8 Å². The highest BCUT2D eigenvalue weighted by atomic mass is 32.1. The summed E-state index contributed by atoms with van der Waals surface area (Å²) in [6.07, 6.45) is 0.382. The van der Waals surface area contributed by atoms with Gasteiger partial charge in [-0.05, 0) is 39.0 Å². The summed E-state index contributed by atoms with van der Waals surface area (Å²) in [5.41, 5.74) is 0.978. The molecule has 1 aliphatic heterocycles. The van der Waals surface area contributed by atoms with E-state index in [0.717, 1.165) is 29.4 Å². The van der Waals surface area contributed by atoms with Gasteiger partial charge in [0.2, 0.25) is 0 Å². The van der Waals surface area contributed by atoms with Crippen molar-refractivity contribution in [2.45, 2.75) is 33.0 Å². The number of nitrogens with zero attached hydrogens (tertiary/aromatic N) is 1. The minimum Gasteiger partial charge on any atom is -0.493 e. The molecule has 1 heterocycles. The average Bonchev–Trinajstić information content (AvgIpc) is 2.46. The monoisotopic (exact) mass is 309 g/mol. The fraction of sp³-hybridized carbons (Fsp3) is 0.562. The van der Waals surface area contributed by atoms with Crippen molar-refractivity contribution in [3.63, 3.8) is 0 Å². The molecule has 2 atom stereocenters. The van der Waals surface area contributed by atoms with Crippen molar-refractivity contribution in [3.05, 3.63) is 23.8 Å². The van der Waals surface area contributed by atoms with E-state index in [4.69, 9.17) is 26.4 Å². The summed E-state index contributed by atoms with van der Waals surface area (Å²) in [7, 11) is 1.64.